The summed E-state index contributed by atoms with van der Waals surface area (Å²) in [6.45, 7) is 4.86. The molecule has 172 valence electrons. The minimum Gasteiger partial charge on any atom is -0.369 e. The molecule has 0 aliphatic carbocycles. The van der Waals surface area contributed by atoms with E-state index in [4.69, 9.17) is 15.7 Å². The third-order valence-corrected chi connectivity index (χ3v) is 5.74. The number of benzene rings is 2. The van der Waals surface area contributed by atoms with E-state index in [1.807, 2.05) is 47.0 Å². The van der Waals surface area contributed by atoms with Gasteiger partial charge in [-0.05, 0) is 30.2 Å². The molecule has 5 rings (SSSR count). The monoisotopic (exact) mass is 458 g/mol. The second-order valence-electron chi connectivity index (χ2n) is 8.67. The molecular weight excluding hydrogens is 434 g/mol. The molecule has 0 aliphatic rings. The number of pyridine rings is 1. The fraction of sp³-hybridized carbons (Fsp3) is 0.192. The van der Waals surface area contributed by atoms with Crippen molar-refractivity contribution in [1.82, 2.24) is 24.1 Å². The summed E-state index contributed by atoms with van der Waals surface area (Å²) in [6.07, 6.45) is 0. The van der Waals surface area contributed by atoms with Crippen LogP contribution in [0.3, 0.4) is 0 Å². The van der Waals surface area contributed by atoms with E-state index in [0.29, 0.717) is 46.7 Å². The fourth-order valence-electron chi connectivity index (χ4n) is 4.22. The second-order valence-corrected chi connectivity index (χ2v) is 8.67. The van der Waals surface area contributed by atoms with E-state index in [2.05, 4.69) is 18.8 Å². The lowest BCUT2D eigenvalue weighted by molar-refractivity contribution is 0.535. The molecular formula is C26H24F2N6. The number of anilines is 1. The van der Waals surface area contributed by atoms with Crippen LogP contribution in [-0.4, -0.2) is 24.1 Å². The third kappa shape index (κ3) is 3.61. The van der Waals surface area contributed by atoms with Gasteiger partial charge in [0.15, 0.2) is 5.65 Å². The highest BCUT2D eigenvalue weighted by atomic mass is 19.1. The largest absolute Gasteiger partial charge is 0.369 e. The summed E-state index contributed by atoms with van der Waals surface area (Å²) in [7, 11) is 1.74. The van der Waals surface area contributed by atoms with Gasteiger partial charge in [0.1, 0.15) is 23.0 Å². The average Bonchev–Trinajstić information content (AvgIpc) is 3.30. The lowest BCUT2D eigenvalue weighted by Gasteiger charge is -2.11. The molecule has 0 saturated heterocycles. The number of nitrogens with two attached hydrogens (primary N) is 1. The van der Waals surface area contributed by atoms with Crippen LogP contribution in [0.4, 0.5) is 14.7 Å². The van der Waals surface area contributed by atoms with Crippen LogP contribution >= 0.6 is 0 Å². The standard InChI is InChI=1S/C26H24F2N6/c1-15(2)14-34-24-20(31-26(34)29)13-12-19(30-24)23-22(16-8-5-4-6-9-16)32-25(33(23)3)21-17(27)10-7-11-18(21)28/h4-13,15H,14H2,1-3H3,(H2,29,31). The van der Waals surface area contributed by atoms with E-state index >= 15 is 0 Å². The van der Waals surface area contributed by atoms with Gasteiger partial charge in [0.25, 0.3) is 0 Å². The van der Waals surface area contributed by atoms with Gasteiger partial charge in [-0.1, -0.05) is 50.2 Å². The van der Waals surface area contributed by atoms with Crippen molar-refractivity contribution in [2.75, 3.05) is 5.73 Å². The molecule has 0 spiro atoms. The van der Waals surface area contributed by atoms with Crippen LogP contribution in [0.2, 0.25) is 0 Å². The van der Waals surface area contributed by atoms with Crippen molar-refractivity contribution in [2.45, 2.75) is 20.4 Å². The first-order valence-electron chi connectivity index (χ1n) is 11.0. The Labute approximate surface area is 195 Å². The molecule has 0 aliphatic heterocycles. The molecule has 3 heterocycles. The zero-order chi connectivity index (χ0) is 24.0. The predicted octanol–water partition coefficient (Wildman–Crippen LogP) is 5.68. The predicted molar refractivity (Wildman–Crippen MR) is 130 cm³/mol. The van der Waals surface area contributed by atoms with E-state index in [9.17, 15) is 8.78 Å². The minimum absolute atomic E-state index is 0.177. The number of aromatic nitrogens is 5. The first-order chi connectivity index (χ1) is 16.3. The van der Waals surface area contributed by atoms with Crippen LogP contribution in [0, 0.1) is 17.6 Å². The Bertz CT molecular complexity index is 1480. The fourth-order valence-corrected chi connectivity index (χ4v) is 4.22. The van der Waals surface area contributed by atoms with Crippen molar-refractivity contribution in [2.24, 2.45) is 13.0 Å². The second kappa shape index (κ2) is 8.37. The molecule has 6 nitrogen and oxygen atoms in total. The van der Waals surface area contributed by atoms with Crippen molar-refractivity contribution in [3.8, 4) is 34.0 Å². The van der Waals surface area contributed by atoms with E-state index in [1.165, 1.54) is 18.2 Å². The molecule has 34 heavy (non-hydrogen) atoms. The summed E-state index contributed by atoms with van der Waals surface area (Å²) in [5, 5.41) is 0. The smallest absolute Gasteiger partial charge is 0.202 e. The molecule has 0 amide bonds. The van der Waals surface area contributed by atoms with Crippen LogP contribution in [0.5, 0.6) is 0 Å². The van der Waals surface area contributed by atoms with Crippen LogP contribution < -0.4 is 5.73 Å². The van der Waals surface area contributed by atoms with Gasteiger partial charge in [-0.15, -0.1) is 0 Å². The normalized spacial score (nSPS) is 11.6. The van der Waals surface area contributed by atoms with Gasteiger partial charge in [-0.2, -0.15) is 0 Å². The summed E-state index contributed by atoms with van der Waals surface area (Å²) < 4.78 is 33.0. The zero-order valence-electron chi connectivity index (χ0n) is 19.1. The zero-order valence-corrected chi connectivity index (χ0v) is 19.1. The SMILES string of the molecule is CC(C)Cn1c(N)nc2ccc(-c3c(-c4ccccc4)nc(-c4c(F)cccc4F)n3C)nc21. The topological polar surface area (TPSA) is 74.6 Å². The molecule has 8 heteroatoms. The molecule has 0 radical (unpaired) electrons. The number of halogens is 2. The highest BCUT2D eigenvalue weighted by Gasteiger charge is 2.24. The maximum Gasteiger partial charge on any atom is 0.202 e. The molecule has 2 aromatic carbocycles. The van der Waals surface area contributed by atoms with Crippen LogP contribution in [-0.2, 0) is 13.6 Å². The van der Waals surface area contributed by atoms with Gasteiger partial charge in [-0.25, -0.2) is 23.7 Å². The van der Waals surface area contributed by atoms with Crippen LogP contribution in [0.15, 0.2) is 60.7 Å². The van der Waals surface area contributed by atoms with Gasteiger partial charge in [0.2, 0.25) is 5.95 Å². The molecule has 0 unspecified atom stereocenters. The highest BCUT2D eigenvalue weighted by Crippen LogP contribution is 2.37. The Hall–Kier alpha value is -4.07. The number of hydrogen-bond acceptors (Lipinski definition) is 4. The van der Waals surface area contributed by atoms with E-state index in [-0.39, 0.29) is 11.4 Å². The summed E-state index contributed by atoms with van der Waals surface area (Å²) in [5.74, 6) is -0.425. The van der Waals surface area contributed by atoms with E-state index < -0.39 is 11.6 Å². The van der Waals surface area contributed by atoms with Gasteiger partial charge in [0, 0.05) is 19.2 Å². The van der Waals surface area contributed by atoms with Crippen molar-refractivity contribution in [3.63, 3.8) is 0 Å². The Kier molecular flexibility index (Phi) is 5.36. The first kappa shape index (κ1) is 21.8. The van der Waals surface area contributed by atoms with Gasteiger partial charge >= 0.3 is 0 Å². The summed E-state index contributed by atoms with van der Waals surface area (Å²) in [6, 6.07) is 17.0. The van der Waals surface area contributed by atoms with Crippen LogP contribution in [0.25, 0.3) is 45.2 Å². The summed E-state index contributed by atoms with van der Waals surface area (Å²) in [4.78, 5) is 14.0. The number of imidazole rings is 2. The Morgan fingerprint density at radius 1 is 0.882 bits per heavy atom. The number of rotatable bonds is 5. The Morgan fingerprint density at radius 3 is 2.26 bits per heavy atom. The molecule has 2 N–H and O–H groups in total. The van der Waals surface area contributed by atoms with Gasteiger partial charge in [-0.3, -0.25) is 4.57 Å². The van der Waals surface area contributed by atoms with Crippen molar-refractivity contribution < 1.29 is 8.78 Å². The highest BCUT2D eigenvalue weighted by molar-refractivity contribution is 5.84. The number of nitrogens with zero attached hydrogens (tertiary/aromatic N) is 5. The summed E-state index contributed by atoms with van der Waals surface area (Å²) in [5.41, 5.74) is 9.97. The molecule has 0 atom stereocenters. The third-order valence-electron chi connectivity index (χ3n) is 5.74. The minimum atomic E-state index is -0.676. The quantitative estimate of drug-likeness (QED) is 0.368. The number of hydrogen-bond donors (Lipinski definition) is 1. The van der Waals surface area contributed by atoms with E-state index in [0.717, 1.165) is 5.56 Å². The lowest BCUT2D eigenvalue weighted by atomic mass is 10.1. The molecule has 5 aromatic rings. The lowest BCUT2D eigenvalue weighted by Crippen LogP contribution is -2.09. The van der Waals surface area contributed by atoms with Crippen molar-refractivity contribution in [1.29, 1.82) is 0 Å². The Morgan fingerprint density at radius 2 is 1.59 bits per heavy atom. The molecule has 0 saturated carbocycles. The first-order valence-corrected chi connectivity index (χ1v) is 11.0. The molecule has 3 aromatic heterocycles. The van der Waals surface area contributed by atoms with Gasteiger partial charge in [0.05, 0.1) is 22.6 Å². The average molecular weight is 459 g/mol. The van der Waals surface area contributed by atoms with Crippen molar-refractivity contribution >= 4 is 17.1 Å². The van der Waals surface area contributed by atoms with Gasteiger partial charge < -0.3 is 10.3 Å². The van der Waals surface area contributed by atoms with E-state index in [1.54, 1.807) is 11.6 Å². The molecule has 0 fully saturated rings. The van der Waals surface area contributed by atoms with Crippen molar-refractivity contribution in [3.05, 3.63) is 72.3 Å². The molecule has 0 bridgehead atoms. The van der Waals surface area contributed by atoms with Crippen LogP contribution in [0.1, 0.15) is 13.8 Å². The number of nitrogen functional groups attached to an aromatic ring is 1. The maximum atomic E-state index is 14.7. The number of fused-ring (bicyclic) bond motifs is 1. The Balaban J connectivity index is 1.79. The maximum absolute atomic E-state index is 14.7. The summed E-state index contributed by atoms with van der Waals surface area (Å²) >= 11 is 0.